The number of carbonyl (C=O) groups is 4. The molecule has 0 saturated carbocycles. The Balaban J connectivity index is 1.70. The Labute approximate surface area is 223 Å². The number of aromatic hydroxyl groups is 1. The predicted octanol–water partition coefficient (Wildman–Crippen LogP) is -1.51. The van der Waals surface area contributed by atoms with Crippen LogP contribution in [0.25, 0.3) is 0 Å². The zero-order valence-electron chi connectivity index (χ0n) is 20.3. The maximum absolute atomic E-state index is 12.9. The van der Waals surface area contributed by atoms with E-state index in [1.165, 1.54) is 26.2 Å². The fraction of sp³-hybridized carbons (Fsp3) is 0.316. The molecule has 2 atom stereocenters. The lowest BCUT2D eigenvalue weighted by atomic mass is 9.97. The minimum absolute atomic E-state index is 0.0603. The van der Waals surface area contributed by atoms with E-state index < -0.39 is 68.6 Å². The van der Waals surface area contributed by atoms with Gasteiger partial charge in [0.25, 0.3) is 11.8 Å². The quantitative estimate of drug-likeness (QED) is 0.100. The molecule has 20 heteroatoms. The van der Waals surface area contributed by atoms with Crippen molar-refractivity contribution < 1.29 is 42.6 Å². The third-order valence-electron chi connectivity index (χ3n) is 5.12. The van der Waals surface area contributed by atoms with Crippen molar-refractivity contribution in [1.29, 1.82) is 0 Å². The van der Waals surface area contributed by atoms with Gasteiger partial charge in [0.05, 0.1) is 6.04 Å². The molecule has 1 aliphatic rings. The molecule has 0 spiro atoms. The number of hydrogen-bond acceptors (Lipinski definition) is 13. The lowest BCUT2D eigenvalue weighted by Crippen LogP contribution is -2.73. The van der Waals surface area contributed by atoms with E-state index in [0.717, 1.165) is 23.6 Å². The Morgan fingerprint density at radius 3 is 2.51 bits per heavy atom. The number of imide groups is 1. The number of hydrogen-bond donors (Lipinski definition) is 7. The van der Waals surface area contributed by atoms with Gasteiger partial charge in [-0.05, 0) is 20.8 Å². The van der Waals surface area contributed by atoms with Crippen molar-refractivity contribution >= 4 is 62.0 Å². The van der Waals surface area contributed by atoms with E-state index in [1.54, 1.807) is 4.72 Å². The zero-order valence-corrected chi connectivity index (χ0v) is 21.9. The van der Waals surface area contributed by atoms with Crippen molar-refractivity contribution in [3.05, 3.63) is 33.6 Å². The summed E-state index contributed by atoms with van der Waals surface area (Å²) in [7, 11) is -4.63. The first-order valence-electron chi connectivity index (χ1n) is 10.6. The first kappa shape index (κ1) is 28.8. The maximum Gasteiger partial charge on any atom is 0.350 e. The van der Waals surface area contributed by atoms with E-state index in [-0.39, 0.29) is 16.6 Å². The molecule has 0 aliphatic carbocycles. The Morgan fingerprint density at radius 2 is 1.97 bits per heavy atom. The number of carboxylic acid groups (broad SMARTS) is 1. The van der Waals surface area contributed by atoms with E-state index in [9.17, 15) is 42.6 Å². The number of nitrogen functional groups attached to an aromatic ring is 1. The number of nitrogens with two attached hydrogens (primary N) is 1. The van der Waals surface area contributed by atoms with Crippen molar-refractivity contribution in [2.24, 2.45) is 5.16 Å². The van der Waals surface area contributed by atoms with E-state index in [0.29, 0.717) is 4.90 Å². The van der Waals surface area contributed by atoms with Crippen LogP contribution < -0.4 is 25.9 Å². The molecule has 3 heterocycles. The zero-order chi connectivity index (χ0) is 29.3. The Morgan fingerprint density at radius 1 is 1.31 bits per heavy atom. The summed E-state index contributed by atoms with van der Waals surface area (Å²) in [5.74, 6) is -4.43. The summed E-state index contributed by atoms with van der Waals surface area (Å²) in [6.07, 6.45) is 0.821. The number of nitrogens with one attached hydrogen (secondary N) is 4. The maximum atomic E-state index is 12.9. The molecule has 1 saturated heterocycles. The second-order valence-corrected chi connectivity index (χ2v) is 10.7. The molecule has 18 nitrogen and oxygen atoms in total. The highest BCUT2D eigenvalue weighted by Crippen LogP contribution is 2.21. The average molecular weight is 587 g/mol. The van der Waals surface area contributed by atoms with E-state index in [1.807, 2.05) is 4.72 Å². The summed E-state index contributed by atoms with van der Waals surface area (Å²) in [6, 6.07) is -2.98. The number of amides is 4. The number of anilines is 2. The molecule has 2 aromatic rings. The van der Waals surface area contributed by atoms with E-state index in [4.69, 9.17) is 10.6 Å². The second kappa shape index (κ2) is 10.6. The van der Waals surface area contributed by atoms with Crippen LogP contribution in [-0.4, -0.2) is 80.7 Å². The van der Waals surface area contributed by atoms with Gasteiger partial charge in [0.1, 0.15) is 17.6 Å². The largest absolute Gasteiger partial charge is 0.503 e. The number of nitrogens with zero attached hydrogens (tertiary/aromatic N) is 3. The Kier molecular flexibility index (Phi) is 7.82. The van der Waals surface area contributed by atoms with Gasteiger partial charge in [-0.25, -0.2) is 19.3 Å². The van der Waals surface area contributed by atoms with Crippen LogP contribution in [0.1, 0.15) is 26.5 Å². The molecule has 1 aliphatic heterocycles. The number of aliphatic carboxylic acids is 1. The molecule has 210 valence electrons. The molecule has 0 bridgehead atoms. The third-order valence-corrected chi connectivity index (χ3v) is 6.72. The Hall–Kier alpha value is -4.72. The van der Waals surface area contributed by atoms with E-state index in [2.05, 4.69) is 20.4 Å². The van der Waals surface area contributed by atoms with Crippen molar-refractivity contribution in [1.82, 2.24) is 24.9 Å². The molecule has 0 unspecified atom stereocenters. The summed E-state index contributed by atoms with van der Waals surface area (Å²) >= 11 is 0.952. The van der Waals surface area contributed by atoms with Crippen LogP contribution >= 0.6 is 11.3 Å². The summed E-state index contributed by atoms with van der Waals surface area (Å²) in [5.41, 5.74) is 2.29. The number of aromatic amines is 1. The van der Waals surface area contributed by atoms with Gasteiger partial charge in [-0.1, -0.05) is 5.16 Å². The number of thiazole rings is 1. The first-order valence-corrected chi connectivity index (χ1v) is 13.0. The normalized spacial score (nSPS) is 17.7. The van der Waals surface area contributed by atoms with Crippen LogP contribution in [-0.2, 0) is 29.4 Å². The van der Waals surface area contributed by atoms with Gasteiger partial charge in [0, 0.05) is 17.6 Å². The fourth-order valence-electron chi connectivity index (χ4n) is 2.96. The molecular weight excluding hydrogens is 564 g/mol. The first-order chi connectivity index (χ1) is 18.0. The highest BCUT2D eigenvalue weighted by atomic mass is 32.2. The second-order valence-electron chi connectivity index (χ2n) is 8.43. The van der Waals surface area contributed by atoms with Crippen LogP contribution in [0.5, 0.6) is 5.75 Å². The number of oxime groups is 1. The highest BCUT2D eigenvalue weighted by Gasteiger charge is 2.50. The number of urea groups is 1. The van der Waals surface area contributed by atoms with Crippen LogP contribution in [0, 0.1) is 0 Å². The van der Waals surface area contributed by atoms with Gasteiger partial charge in [-0.2, -0.15) is 8.42 Å². The van der Waals surface area contributed by atoms with Gasteiger partial charge in [0.15, 0.2) is 16.6 Å². The number of carboxylic acids is 1. The SMILES string of the molecule is C[C@H]1[C@H](NC(=O)/C(=N\OC(C)(C)C(=O)O)c2csc(N)n2)C(=O)N1C(=O)NS(=O)(=O)Nc1cc(=O)c(O)c[nH]1. The number of aromatic nitrogens is 2. The van der Waals surface area contributed by atoms with Gasteiger partial charge in [-0.3, -0.25) is 24.0 Å². The molecule has 39 heavy (non-hydrogen) atoms. The van der Waals surface area contributed by atoms with Crippen LogP contribution in [0.2, 0.25) is 0 Å². The summed E-state index contributed by atoms with van der Waals surface area (Å²) < 4.78 is 27.9. The number of pyridine rings is 1. The summed E-state index contributed by atoms with van der Waals surface area (Å²) in [4.78, 5) is 72.4. The van der Waals surface area contributed by atoms with Gasteiger partial charge >= 0.3 is 22.2 Å². The van der Waals surface area contributed by atoms with E-state index >= 15 is 0 Å². The van der Waals surface area contributed by atoms with Gasteiger partial charge in [0.2, 0.25) is 11.0 Å². The lowest BCUT2D eigenvalue weighted by Gasteiger charge is -2.43. The van der Waals surface area contributed by atoms with Gasteiger partial charge < -0.3 is 31.1 Å². The summed E-state index contributed by atoms with van der Waals surface area (Å²) in [5, 5.41) is 25.7. The minimum atomic E-state index is -4.63. The Bertz CT molecular complexity index is 1530. The van der Waals surface area contributed by atoms with Crippen molar-refractivity contribution in [2.45, 2.75) is 38.5 Å². The molecule has 8 N–H and O–H groups in total. The highest BCUT2D eigenvalue weighted by molar-refractivity contribution is 7.91. The number of H-pyrrole nitrogens is 1. The molecule has 0 aromatic carbocycles. The van der Waals surface area contributed by atoms with Crippen molar-refractivity contribution in [2.75, 3.05) is 10.5 Å². The third kappa shape index (κ3) is 6.41. The molecule has 2 aromatic heterocycles. The number of likely N-dealkylation sites (tertiary alicyclic amines) is 1. The molecule has 1 fully saturated rings. The topological polar surface area (TPSA) is 276 Å². The fourth-order valence-corrected chi connectivity index (χ4v) is 4.29. The monoisotopic (exact) mass is 586 g/mol. The van der Waals surface area contributed by atoms with Crippen molar-refractivity contribution in [3.8, 4) is 5.75 Å². The number of carbonyl (C=O) groups excluding carboxylic acids is 3. The van der Waals surface area contributed by atoms with Gasteiger partial charge in [-0.15, -0.1) is 11.3 Å². The van der Waals surface area contributed by atoms with Crippen LogP contribution in [0.3, 0.4) is 0 Å². The molecular formula is C19H22N8O10S2. The smallest absolute Gasteiger partial charge is 0.350 e. The molecule has 3 rings (SSSR count). The lowest BCUT2D eigenvalue weighted by molar-refractivity contribution is -0.161. The van der Waals surface area contributed by atoms with Crippen LogP contribution in [0.4, 0.5) is 15.7 Å². The number of β-lactam (4-membered cyclic amide) rings is 1. The molecule has 0 radical (unpaired) electrons. The summed E-state index contributed by atoms with van der Waals surface area (Å²) in [6.45, 7) is 3.70. The van der Waals surface area contributed by atoms with Crippen molar-refractivity contribution in [3.63, 3.8) is 0 Å². The molecule has 4 amide bonds. The number of rotatable bonds is 9. The standard InChI is InChI=1S/C19H22N8O10S2/c1-7-12(23-14(30)13(8-6-38-17(20)22-8)24-37-19(2,3)16(32)33)15(31)27(7)18(34)26-39(35,36)25-11-4-9(28)10(29)5-21-11/h4-7,12,29H,1-3H3,(H2,20,22)(H,23,30)(H,26,34)(H,32,33)(H2,21,25,28)/b24-13-/t7-,12-/m0/s1. The average Bonchev–Trinajstić information content (AvgIpc) is 3.25. The predicted molar refractivity (Wildman–Crippen MR) is 134 cm³/mol. The van der Waals surface area contributed by atoms with Crippen LogP contribution in [0.15, 0.2) is 27.6 Å². The minimum Gasteiger partial charge on any atom is -0.503 e.